The highest BCUT2D eigenvalue weighted by molar-refractivity contribution is 6.28. The third kappa shape index (κ3) is 1.85. The van der Waals surface area contributed by atoms with Crippen LogP contribution >= 0.6 is 11.6 Å². The van der Waals surface area contributed by atoms with E-state index in [-0.39, 0.29) is 5.22 Å². The first kappa shape index (κ1) is 9.73. The maximum Gasteiger partial charge on any atom is 0.427 e. The molecule has 1 aromatic carbocycles. The Morgan fingerprint density at radius 3 is 2.40 bits per heavy atom. The van der Waals surface area contributed by atoms with E-state index in [9.17, 15) is 9.59 Å². The maximum absolute atomic E-state index is 11.5. The summed E-state index contributed by atoms with van der Waals surface area (Å²) in [6.45, 7) is 0. The van der Waals surface area contributed by atoms with Gasteiger partial charge in [-0.05, 0) is 23.7 Å². The van der Waals surface area contributed by atoms with Gasteiger partial charge in [0.15, 0.2) is 0 Å². The van der Waals surface area contributed by atoms with Crippen LogP contribution in [0.1, 0.15) is 0 Å². The van der Waals surface area contributed by atoms with E-state index in [4.69, 9.17) is 11.6 Å². The summed E-state index contributed by atoms with van der Waals surface area (Å²) in [6.07, 6.45) is 0. The van der Waals surface area contributed by atoms with E-state index in [0.29, 0.717) is 5.69 Å². The van der Waals surface area contributed by atoms with E-state index in [1.807, 2.05) is 0 Å². The molecule has 0 aliphatic rings. The lowest BCUT2D eigenvalue weighted by molar-refractivity contribution is 0.460. The fourth-order valence-electron chi connectivity index (χ4n) is 1.22. The molecule has 0 fully saturated rings. The molecule has 0 atom stereocenters. The molecule has 0 bridgehead atoms. The van der Waals surface area contributed by atoms with Crippen molar-refractivity contribution < 1.29 is 4.42 Å². The fourth-order valence-corrected chi connectivity index (χ4v) is 1.38. The van der Waals surface area contributed by atoms with Crippen LogP contribution in [0.4, 0.5) is 0 Å². The average Bonchev–Trinajstić information content (AvgIpc) is 2.17. The molecule has 0 N–H and O–H groups in total. The lowest BCUT2D eigenvalue weighted by atomic mass is 10.3. The maximum atomic E-state index is 11.5. The van der Waals surface area contributed by atoms with E-state index >= 15 is 0 Å². The van der Waals surface area contributed by atoms with Crippen molar-refractivity contribution in [1.29, 1.82) is 0 Å². The second kappa shape index (κ2) is 3.74. The molecule has 2 rings (SSSR count). The predicted octanol–water partition coefficient (Wildman–Crippen LogP) is 1.44. The summed E-state index contributed by atoms with van der Waals surface area (Å²) in [5, 5.41) is -0.211. The number of para-hydroxylation sites is 1. The Morgan fingerprint density at radius 2 is 1.80 bits per heavy atom. The minimum Gasteiger partial charge on any atom is -0.397 e. The van der Waals surface area contributed by atoms with Crippen LogP contribution in [0.3, 0.4) is 0 Å². The summed E-state index contributed by atoms with van der Waals surface area (Å²) in [5.41, 5.74) is -0.0598. The Kier molecular flexibility index (Phi) is 2.43. The summed E-state index contributed by atoms with van der Waals surface area (Å²) >= 11 is 5.43. The van der Waals surface area contributed by atoms with Crippen molar-refractivity contribution in [3.63, 3.8) is 0 Å². The summed E-state index contributed by atoms with van der Waals surface area (Å²) in [6, 6.07) is 9.53. The first-order valence-corrected chi connectivity index (χ1v) is 4.54. The number of halogens is 1. The van der Waals surface area contributed by atoms with Gasteiger partial charge in [-0.1, -0.05) is 18.2 Å². The smallest absolute Gasteiger partial charge is 0.397 e. The lowest BCUT2D eigenvalue weighted by Crippen LogP contribution is -2.30. The summed E-state index contributed by atoms with van der Waals surface area (Å²) in [7, 11) is 0. The quantitative estimate of drug-likeness (QED) is 0.735. The molecule has 1 heterocycles. The molecule has 2 aromatic rings. The fraction of sp³-hybridized carbons (Fsp3) is 0. The Hall–Kier alpha value is -1.81. The minimum absolute atomic E-state index is 0.211. The first-order valence-electron chi connectivity index (χ1n) is 4.16. The molecule has 0 radical (unpaired) electrons. The molecule has 0 saturated heterocycles. The van der Waals surface area contributed by atoms with E-state index < -0.39 is 11.3 Å². The third-order valence-corrected chi connectivity index (χ3v) is 2.03. The zero-order chi connectivity index (χ0) is 10.8. The average molecular weight is 224 g/mol. The van der Waals surface area contributed by atoms with Gasteiger partial charge < -0.3 is 4.42 Å². The number of hydrogen-bond donors (Lipinski definition) is 0. The van der Waals surface area contributed by atoms with Gasteiger partial charge in [-0.15, -0.1) is 0 Å². The van der Waals surface area contributed by atoms with Crippen molar-refractivity contribution >= 4 is 11.6 Å². The molecule has 5 heteroatoms. The van der Waals surface area contributed by atoms with Crippen molar-refractivity contribution in [3.8, 4) is 5.69 Å². The van der Waals surface area contributed by atoms with Gasteiger partial charge in [0.25, 0.3) is 5.56 Å². The van der Waals surface area contributed by atoms with Crippen LogP contribution < -0.4 is 11.3 Å². The van der Waals surface area contributed by atoms with Crippen molar-refractivity contribution in [2.45, 2.75) is 0 Å². The Labute approximate surface area is 89.3 Å². The summed E-state index contributed by atoms with van der Waals surface area (Å²) in [4.78, 5) is 22.9. The molecule has 0 unspecified atom stereocenters. The molecule has 15 heavy (non-hydrogen) atoms. The van der Waals surface area contributed by atoms with Gasteiger partial charge in [-0.2, -0.15) is 0 Å². The molecule has 76 valence electrons. The van der Waals surface area contributed by atoms with Gasteiger partial charge in [0.2, 0.25) is 5.22 Å². The molecular weight excluding hydrogens is 218 g/mol. The SMILES string of the molecule is O=c1cc(Cl)oc(=O)n1-c1ccccc1. The first-order chi connectivity index (χ1) is 7.18. The normalized spacial score (nSPS) is 10.2. The zero-order valence-electron chi connectivity index (χ0n) is 7.51. The third-order valence-electron chi connectivity index (χ3n) is 1.84. The van der Waals surface area contributed by atoms with Crippen LogP contribution in [0.5, 0.6) is 0 Å². The Morgan fingerprint density at radius 1 is 1.13 bits per heavy atom. The number of aromatic nitrogens is 1. The molecule has 0 saturated carbocycles. The van der Waals surface area contributed by atoms with Crippen molar-refractivity contribution in [2.75, 3.05) is 0 Å². The van der Waals surface area contributed by atoms with Gasteiger partial charge in [0.05, 0.1) is 11.8 Å². The van der Waals surface area contributed by atoms with E-state index in [1.165, 1.54) is 0 Å². The number of hydrogen-bond acceptors (Lipinski definition) is 3. The van der Waals surface area contributed by atoms with Crippen LogP contribution in [0.15, 0.2) is 50.4 Å². The van der Waals surface area contributed by atoms with E-state index in [0.717, 1.165) is 10.6 Å². The molecule has 0 aliphatic heterocycles. The minimum atomic E-state index is -0.793. The van der Waals surface area contributed by atoms with Crippen molar-refractivity contribution in [1.82, 2.24) is 4.57 Å². The number of nitrogens with zero attached hydrogens (tertiary/aromatic N) is 1. The van der Waals surface area contributed by atoms with Crippen LogP contribution in [-0.2, 0) is 0 Å². The molecule has 0 aliphatic carbocycles. The molecule has 1 aromatic heterocycles. The van der Waals surface area contributed by atoms with Gasteiger partial charge in [0.1, 0.15) is 0 Å². The monoisotopic (exact) mass is 223 g/mol. The number of rotatable bonds is 1. The Bertz CT molecular complexity index is 554. The molecule has 0 amide bonds. The zero-order valence-corrected chi connectivity index (χ0v) is 8.27. The van der Waals surface area contributed by atoms with E-state index in [1.54, 1.807) is 30.3 Å². The van der Waals surface area contributed by atoms with Crippen LogP contribution in [0, 0.1) is 0 Å². The second-order valence-corrected chi connectivity index (χ2v) is 3.20. The standard InChI is InChI=1S/C10H6ClNO3/c11-8-6-9(13)12(10(14)15-8)7-4-2-1-3-5-7/h1-6H. The lowest BCUT2D eigenvalue weighted by Gasteiger charge is -2.01. The highest BCUT2D eigenvalue weighted by Gasteiger charge is 2.06. The van der Waals surface area contributed by atoms with Crippen molar-refractivity contribution in [3.05, 3.63) is 62.5 Å². The molecule has 0 spiro atoms. The Balaban J connectivity index is 2.75. The van der Waals surface area contributed by atoms with Gasteiger partial charge in [0, 0.05) is 0 Å². The van der Waals surface area contributed by atoms with Crippen molar-refractivity contribution in [2.24, 2.45) is 0 Å². The molecular formula is C10H6ClNO3. The summed E-state index contributed by atoms with van der Waals surface area (Å²) in [5.74, 6) is -0.793. The predicted molar refractivity (Wildman–Crippen MR) is 55.6 cm³/mol. The number of benzene rings is 1. The van der Waals surface area contributed by atoms with Crippen LogP contribution in [-0.4, -0.2) is 4.57 Å². The van der Waals surface area contributed by atoms with Gasteiger partial charge >= 0.3 is 5.76 Å². The highest BCUT2D eigenvalue weighted by atomic mass is 35.5. The van der Waals surface area contributed by atoms with Gasteiger partial charge in [-0.25, -0.2) is 9.36 Å². The molecule has 4 nitrogen and oxygen atoms in total. The topological polar surface area (TPSA) is 52.2 Å². The van der Waals surface area contributed by atoms with E-state index in [2.05, 4.69) is 4.42 Å². The summed E-state index contributed by atoms with van der Waals surface area (Å²) < 4.78 is 5.52. The largest absolute Gasteiger partial charge is 0.427 e. The second-order valence-electron chi connectivity index (χ2n) is 2.83. The van der Waals surface area contributed by atoms with Crippen LogP contribution in [0.25, 0.3) is 5.69 Å². The van der Waals surface area contributed by atoms with Crippen LogP contribution in [0.2, 0.25) is 5.22 Å². The van der Waals surface area contributed by atoms with Gasteiger partial charge in [-0.3, -0.25) is 4.79 Å². The highest BCUT2D eigenvalue weighted by Crippen LogP contribution is 2.03.